The van der Waals surface area contributed by atoms with Crippen LogP contribution in [-0.2, 0) is 10.0 Å². The van der Waals surface area contributed by atoms with Crippen LogP contribution < -0.4 is 14.8 Å². The van der Waals surface area contributed by atoms with Crippen molar-refractivity contribution in [3.8, 4) is 5.75 Å². The van der Waals surface area contributed by atoms with Crippen molar-refractivity contribution in [3.63, 3.8) is 0 Å². The van der Waals surface area contributed by atoms with Gasteiger partial charge in [-0.1, -0.05) is 6.92 Å². The number of carbonyl (C=O) groups excluding carboxylic acids is 2. The van der Waals surface area contributed by atoms with Crippen LogP contribution in [0.5, 0.6) is 5.75 Å². The van der Waals surface area contributed by atoms with Gasteiger partial charge in [-0.15, -0.1) is 0 Å². The number of hydrogen-bond acceptors (Lipinski definition) is 6. The van der Waals surface area contributed by atoms with Crippen molar-refractivity contribution in [1.82, 2.24) is 9.80 Å². The van der Waals surface area contributed by atoms with Gasteiger partial charge in [-0.2, -0.15) is 0 Å². The average molecular weight is 523 g/mol. The molecule has 36 heavy (non-hydrogen) atoms. The van der Waals surface area contributed by atoms with Gasteiger partial charge in [-0.05, 0) is 49.4 Å². The first-order chi connectivity index (χ1) is 16.9. The highest BCUT2D eigenvalue weighted by Gasteiger charge is 2.34. The molecule has 1 heterocycles. The number of rotatable bonds is 7. The third-order valence-electron chi connectivity index (χ3n) is 5.86. The number of urea groups is 1. The molecule has 0 unspecified atom stereocenters. The number of likely N-dealkylation sites (N-methyl/N-ethyl adjacent to an activating group) is 1. The molecule has 196 valence electrons. The molecule has 0 saturated heterocycles. The Kier molecular flexibility index (Phi) is 8.41. The Morgan fingerprint density at radius 3 is 2.50 bits per heavy atom. The number of nitrogens with zero attached hydrogens (tertiary/aromatic N) is 2. The van der Waals surface area contributed by atoms with Crippen LogP contribution in [0.15, 0.2) is 42.5 Å². The Morgan fingerprint density at radius 1 is 1.25 bits per heavy atom. The summed E-state index contributed by atoms with van der Waals surface area (Å²) in [6, 6.07) is 8.85. The zero-order valence-electron chi connectivity index (χ0n) is 20.6. The van der Waals surface area contributed by atoms with Gasteiger partial charge in [0, 0.05) is 30.9 Å². The standard InChI is InChI=1S/C24H31FN4O6S/c1-15-12-29(16(2)14-30)23(31)20-11-19(27-36(4,33)34)9-10-21(20)35-22(15)13-28(3)24(32)26-18-7-5-17(25)6-8-18/h5-11,15-16,22,27,30H,12-14H2,1-4H3,(H,26,32)/t15-,16-,22+/m0/s1. The number of amides is 3. The van der Waals surface area contributed by atoms with Crippen molar-refractivity contribution >= 4 is 33.3 Å². The quantitative estimate of drug-likeness (QED) is 0.513. The molecule has 0 radical (unpaired) electrons. The maximum atomic E-state index is 13.4. The lowest BCUT2D eigenvalue weighted by Gasteiger charge is -2.38. The number of carbonyl (C=O) groups is 2. The van der Waals surface area contributed by atoms with Gasteiger partial charge in [0.05, 0.1) is 31.0 Å². The molecule has 12 heteroatoms. The summed E-state index contributed by atoms with van der Waals surface area (Å²) in [6.45, 7) is 3.73. The van der Waals surface area contributed by atoms with Gasteiger partial charge in [0.2, 0.25) is 10.0 Å². The third kappa shape index (κ3) is 6.85. The molecule has 3 rings (SSSR count). The summed E-state index contributed by atoms with van der Waals surface area (Å²) >= 11 is 0. The summed E-state index contributed by atoms with van der Waals surface area (Å²) in [4.78, 5) is 29.0. The first kappa shape index (κ1) is 27.2. The third-order valence-corrected chi connectivity index (χ3v) is 6.47. The highest BCUT2D eigenvalue weighted by atomic mass is 32.2. The summed E-state index contributed by atoms with van der Waals surface area (Å²) in [5.74, 6) is -0.816. The fraction of sp³-hybridized carbons (Fsp3) is 0.417. The Bertz CT molecular complexity index is 1210. The van der Waals surface area contributed by atoms with Crippen LogP contribution in [0.1, 0.15) is 24.2 Å². The minimum Gasteiger partial charge on any atom is -0.487 e. The molecule has 2 aromatic rings. The normalized spacial score (nSPS) is 18.8. The molecule has 0 spiro atoms. The van der Waals surface area contributed by atoms with E-state index >= 15 is 0 Å². The zero-order chi connectivity index (χ0) is 26.6. The van der Waals surface area contributed by atoms with E-state index in [-0.39, 0.29) is 42.6 Å². The number of anilines is 2. The summed E-state index contributed by atoms with van der Waals surface area (Å²) in [5.41, 5.74) is 0.773. The van der Waals surface area contributed by atoms with E-state index in [4.69, 9.17) is 4.74 Å². The van der Waals surface area contributed by atoms with Crippen molar-refractivity contribution in [2.24, 2.45) is 5.92 Å². The van der Waals surface area contributed by atoms with Gasteiger partial charge >= 0.3 is 6.03 Å². The van der Waals surface area contributed by atoms with Gasteiger partial charge in [-0.3, -0.25) is 9.52 Å². The van der Waals surface area contributed by atoms with Crippen LogP contribution in [0, 0.1) is 11.7 Å². The Hall–Kier alpha value is -3.38. The van der Waals surface area contributed by atoms with E-state index < -0.39 is 39.9 Å². The fourth-order valence-electron chi connectivity index (χ4n) is 3.82. The molecular weight excluding hydrogens is 491 g/mol. The number of fused-ring (bicyclic) bond motifs is 1. The van der Waals surface area contributed by atoms with E-state index in [1.54, 1.807) is 14.0 Å². The Balaban J connectivity index is 1.88. The highest BCUT2D eigenvalue weighted by molar-refractivity contribution is 7.92. The van der Waals surface area contributed by atoms with Gasteiger partial charge < -0.3 is 25.0 Å². The van der Waals surface area contributed by atoms with Crippen molar-refractivity contribution < 1.29 is 32.2 Å². The molecule has 1 aliphatic rings. The number of sulfonamides is 1. The topological polar surface area (TPSA) is 128 Å². The summed E-state index contributed by atoms with van der Waals surface area (Å²) in [6.07, 6.45) is 0.468. The smallest absolute Gasteiger partial charge is 0.321 e. The average Bonchev–Trinajstić information content (AvgIpc) is 2.81. The van der Waals surface area contributed by atoms with Crippen LogP contribution in [0.3, 0.4) is 0 Å². The molecule has 0 fully saturated rings. The van der Waals surface area contributed by atoms with Crippen LogP contribution in [-0.4, -0.2) is 80.4 Å². The van der Waals surface area contributed by atoms with Crippen LogP contribution >= 0.6 is 0 Å². The van der Waals surface area contributed by atoms with Crippen molar-refractivity contribution in [2.45, 2.75) is 26.0 Å². The SMILES string of the molecule is C[C@H]1CN([C@@H](C)CO)C(=O)c2cc(NS(C)(=O)=O)ccc2O[C@@H]1CN(C)C(=O)Nc1ccc(F)cc1. The first-order valence-electron chi connectivity index (χ1n) is 11.4. The lowest BCUT2D eigenvalue weighted by Crippen LogP contribution is -2.50. The summed E-state index contributed by atoms with van der Waals surface area (Å²) in [5, 5.41) is 12.4. The zero-order valence-corrected chi connectivity index (χ0v) is 21.4. The minimum atomic E-state index is -3.57. The van der Waals surface area contributed by atoms with Crippen LogP contribution in [0.2, 0.25) is 0 Å². The molecule has 0 aliphatic carbocycles. The first-order valence-corrected chi connectivity index (χ1v) is 13.2. The van der Waals surface area contributed by atoms with Gasteiger partial charge in [0.1, 0.15) is 17.7 Å². The molecule has 0 bridgehead atoms. The minimum absolute atomic E-state index is 0.138. The van der Waals surface area contributed by atoms with Crippen LogP contribution in [0.25, 0.3) is 0 Å². The van der Waals surface area contributed by atoms with Crippen molar-refractivity contribution in [3.05, 3.63) is 53.8 Å². The molecular formula is C24H31FN4O6S. The molecule has 2 aromatic carbocycles. The molecule has 10 nitrogen and oxygen atoms in total. The monoisotopic (exact) mass is 522 g/mol. The molecule has 3 amide bonds. The van der Waals surface area contributed by atoms with Gasteiger partial charge in [0.15, 0.2) is 0 Å². The van der Waals surface area contributed by atoms with E-state index in [0.717, 1.165) is 6.26 Å². The van der Waals surface area contributed by atoms with Gasteiger partial charge in [-0.25, -0.2) is 17.6 Å². The fourth-order valence-corrected chi connectivity index (χ4v) is 4.38. The van der Waals surface area contributed by atoms with Crippen molar-refractivity contribution in [2.75, 3.05) is 43.0 Å². The van der Waals surface area contributed by atoms with E-state index in [9.17, 15) is 27.5 Å². The predicted molar refractivity (Wildman–Crippen MR) is 134 cm³/mol. The Labute approximate surface area is 210 Å². The van der Waals surface area contributed by atoms with Crippen LogP contribution in [0.4, 0.5) is 20.6 Å². The van der Waals surface area contributed by atoms with E-state index in [1.165, 1.54) is 52.3 Å². The highest BCUT2D eigenvalue weighted by Crippen LogP contribution is 2.31. The molecule has 1 aliphatic heterocycles. The number of aliphatic hydroxyl groups excluding tert-OH is 1. The second-order valence-electron chi connectivity index (χ2n) is 9.03. The molecule has 0 saturated carbocycles. The summed E-state index contributed by atoms with van der Waals surface area (Å²) in [7, 11) is -1.98. The second-order valence-corrected chi connectivity index (χ2v) is 10.8. The number of aliphatic hydroxyl groups is 1. The predicted octanol–water partition coefficient (Wildman–Crippen LogP) is 2.58. The van der Waals surface area contributed by atoms with Crippen molar-refractivity contribution in [1.29, 1.82) is 0 Å². The number of benzene rings is 2. The lowest BCUT2D eigenvalue weighted by molar-refractivity contribution is 0.0371. The largest absolute Gasteiger partial charge is 0.487 e. The van der Waals surface area contributed by atoms with E-state index in [1.807, 2.05) is 6.92 Å². The maximum Gasteiger partial charge on any atom is 0.321 e. The molecule has 3 N–H and O–H groups in total. The maximum absolute atomic E-state index is 13.4. The van der Waals surface area contributed by atoms with E-state index in [0.29, 0.717) is 5.69 Å². The number of hydrogen-bond donors (Lipinski definition) is 3. The number of ether oxygens (including phenoxy) is 1. The summed E-state index contributed by atoms with van der Waals surface area (Å²) < 4.78 is 45.1. The lowest BCUT2D eigenvalue weighted by atomic mass is 9.99. The number of nitrogens with one attached hydrogen (secondary N) is 2. The number of halogens is 1. The second kappa shape index (κ2) is 11.1. The van der Waals surface area contributed by atoms with E-state index in [2.05, 4.69) is 10.0 Å². The Morgan fingerprint density at radius 2 is 1.89 bits per heavy atom. The molecule has 0 aromatic heterocycles. The van der Waals surface area contributed by atoms with Gasteiger partial charge in [0.25, 0.3) is 5.91 Å². The molecule has 3 atom stereocenters.